The molecule has 4 nitrogen and oxygen atoms in total. The molecule has 2 bridgehead atoms. The molecule has 1 aromatic rings. The number of rotatable bonds is 5. The van der Waals surface area contributed by atoms with Crippen LogP contribution in [0.25, 0.3) is 0 Å². The van der Waals surface area contributed by atoms with Crippen molar-refractivity contribution in [1.29, 1.82) is 0 Å². The van der Waals surface area contributed by atoms with E-state index < -0.39 is 0 Å². The Morgan fingerprint density at radius 2 is 1.80 bits per heavy atom. The number of nitrogens with zero attached hydrogens (tertiary/aromatic N) is 1. The lowest BCUT2D eigenvalue weighted by Gasteiger charge is -2.33. The summed E-state index contributed by atoms with van der Waals surface area (Å²) in [6, 6.07) is 4.20. The SMILES string of the molecule is CCOc1cc2c(cc1OCC)CN(C(=O)C1CC3CCC1C3)CC2. The molecule has 0 spiro atoms. The van der Waals surface area contributed by atoms with Crippen LogP contribution in [0.1, 0.15) is 50.7 Å². The van der Waals surface area contributed by atoms with Gasteiger partial charge in [0.2, 0.25) is 5.91 Å². The van der Waals surface area contributed by atoms with Crippen LogP contribution in [-0.2, 0) is 17.8 Å². The Morgan fingerprint density at radius 3 is 2.40 bits per heavy atom. The first-order valence-corrected chi connectivity index (χ1v) is 9.89. The fourth-order valence-corrected chi connectivity index (χ4v) is 5.07. The van der Waals surface area contributed by atoms with Gasteiger partial charge < -0.3 is 14.4 Å². The van der Waals surface area contributed by atoms with Crippen molar-refractivity contribution in [2.45, 2.75) is 52.5 Å². The molecule has 2 aliphatic carbocycles. The highest BCUT2D eigenvalue weighted by molar-refractivity contribution is 5.80. The molecule has 1 aliphatic heterocycles. The van der Waals surface area contributed by atoms with Crippen molar-refractivity contribution < 1.29 is 14.3 Å². The topological polar surface area (TPSA) is 38.8 Å². The molecule has 2 fully saturated rings. The molecular weight excluding hydrogens is 314 g/mol. The fourth-order valence-electron chi connectivity index (χ4n) is 5.07. The first kappa shape index (κ1) is 16.7. The third-order valence-electron chi connectivity index (χ3n) is 6.24. The van der Waals surface area contributed by atoms with Crippen molar-refractivity contribution in [1.82, 2.24) is 4.90 Å². The van der Waals surface area contributed by atoms with E-state index in [1.807, 2.05) is 13.8 Å². The Balaban J connectivity index is 1.52. The molecule has 136 valence electrons. The Morgan fingerprint density at radius 1 is 1.08 bits per heavy atom. The molecule has 0 aromatic heterocycles. The molecule has 1 aromatic carbocycles. The quantitative estimate of drug-likeness (QED) is 0.816. The maximum absolute atomic E-state index is 13.1. The average Bonchev–Trinajstić information content (AvgIpc) is 3.25. The lowest BCUT2D eigenvalue weighted by atomic mass is 9.87. The van der Waals surface area contributed by atoms with Crippen LogP contribution in [0.2, 0.25) is 0 Å². The van der Waals surface area contributed by atoms with Gasteiger partial charge in [0, 0.05) is 19.0 Å². The third-order valence-corrected chi connectivity index (χ3v) is 6.24. The minimum absolute atomic E-state index is 0.286. The van der Waals surface area contributed by atoms with E-state index in [1.165, 1.54) is 30.4 Å². The number of hydrogen-bond donors (Lipinski definition) is 0. The number of ether oxygens (including phenoxy) is 2. The predicted molar refractivity (Wildman–Crippen MR) is 96.8 cm³/mol. The molecule has 2 saturated carbocycles. The van der Waals surface area contributed by atoms with Crippen LogP contribution in [0.5, 0.6) is 11.5 Å². The van der Waals surface area contributed by atoms with Gasteiger partial charge >= 0.3 is 0 Å². The van der Waals surface area contributed by atoms with Crippen LogP contribution >= 0.6 is 0 Å². The summed E-state index contributed by atoms with van der Waals surface area (Å²) in [5.41, 5.74) is 2.51. The van der Waals surface area contributed by atoms with Gasteiger partial charge in [-0.15, -0.1) is 0 Å². The zero-order chi connectivity index (χ0) is 17.4. The Kier molecular flexibility index (Phi) is 4.61. The summed E-state index contributed by atoms with van der Waals surface area (Å²) in [6.07, 6.45) is 5.93. The second-order valence-electron chi connectivity index (χ2n) is 7.72. The van der Waals surface area contributed by atoms with Gasteiger partial charge in [-0.1, -0.05) is 6.42 Å². The van der Waals surface area contributed by atoms with Gasteiger partial charge in [0.25, 0.3) is 0 Å². The van der Waals surface area contributed by atoms with Gasteiger partial charge in [0.05, 0.1) is 13.2 Å². The highest BCUT2D eigenvalue weighted by Gasteiger charge is 2.44. The highest BCUT2D eigenvalue weighted by atomic mass is 16.5. The van der Waals surface area contributed by atoms with Crippen molar-refractivity contribution in [2.24, 2.45) is 17.8 Å². The molecule has 4 heteroatoms. The second-order valence-corrected chi connectivity index (χ2v) is 7.72. The maximum Gasteiger partial charge on any atom is 0.226 e. The van der Waals surface area contributed by atoms with E-state index >= 15 is 0 Å². The van der Waals surface area contributed by atoms with E-state index in [1.54, 1.807) is 0 Å². The van der Waals surface area contributed by atoms with Crippen molar-refractivity contribution in [3.8, 4) is 11.5 Å². The van der Waals surface area contributed by atoms with E-state index in [0.29, 0.717) is 31.6 Å². The molecule has 0 radical (unpaired) electrons. The van der Waals surface area contributed by atoms with Gasteiger partial charge in [-0.25, -0.2) is 0 Å². The minimum atomic E-state index is 0.286. The zero-order valence-corrected chi connectivity index (χ0v) is 15.4. The summed E-state index contributed by atoms with van der Waals surface area (Å²) in [5.74, 6) is 3.78. The lowest BCUT2D eigenvalue weighted by molar-refractivity contribution is -0.138. The predicted octanol–water partition coefficient (Wildman–Crippen LogP) is 3.80. The monoisotopic (exact) mass is 343 g/mol. The maximum atomic E-state index is 13.1. The average molecular weight is 343 g/mol. The molecule has 3 aliphatic rings. The third kappa shape index (κ3) is 3.11. The number of amides is 1. The van der Waals surface area contributed by atoms with Crippen LogP contribution in [0.4, 0.5) is 0 Å². The molecule has 0 N–H and O–H groups in total. The van der Waals surface area contributed by atoms with E-state index in [9.17, 15) is 4.79 Å². The molecule has 0 saturated heterocycles. The van der Waals surface area contributed by atoms with Crippen molar-refractivity contribution >= 4 is 5.91 Å². The van der Waals surface area contributed by atoms with Gasteiger partial charge in [-0.2, -0.15) is 0 Å². The van der Waals surface area contributed by atoms with E-state index in [4.69, 9.17) is 9.47 Å². The van der Waals surface area contributed by atoms with Crippen molar-refractivity contribution in [3.63, 3.8) is 0 Å². The first-order valence-electron chi connectivity index (χ1n) is 9.89. The smallest absolute Gasteiger partial charge is 0.226 e. The molecule has 4 rings (SSSR count). The van der Waals surface area contributed by atoms with Crippen LogP contribution in [0.15, 0.2) is 12.1 Å². The number of hydrogen-bond acceptors (Lipinski definition) is 3. The summed E-state index contributed by atoms with van der Waals surface area (Å²) in [6.45, 7) is 6.78. The molecule has 3 unspecified atom stereocenters. The number of carbonyl (C=O) groups excluding carboxylic acids is 1. The summed E-state index contributed by atoms with van der Waals surface area (Å²) in [7, 11) is 0. The van der Waals surface area contributed by atoms with Crippen molar-refractivity contribution in [2.75, 3.05) is 19.8 Å². The van der Waals surface area contributed by atoms with Gasteiger partial charge in [-0.05, 0) is 74.6 Å². The molecule has 3 atom stereocenters. The normalized spacial score (nSPS) is 27.3. The Bertz CT molecular complexity index is 657. The van der Waals surface area contributed by atoms with Gasteiger partial charge in [0.15, 0.2) is 11.5 Å². The van der Waals surface area contributed by atoms with Gasteiger partial charge in [-0.3, -0.25) is 4.79 Å². The second kappa shape index (κ2) is 6.89. The summed E-state index contributed by atoms with van der Waals surface area (Å²) in [4.78, 5) is 15.1. The number of benzene rings is 1. The van der Waals surface area contributed by atoms with E-state index in [0.717, 1.165) is 36.8 Å². The van der Waals surface area contributed by atoms with Crippen LogP contribution < -0.4 is 9.47 Å². The van der Waals surface area contributed by atoms with Crippen LogP contribution in [0.3, 0.4) is 0 Å². The largest absolute Gasteiger partial charge is 0.490 e. The van der Waals surface area contributed by atoms with Crippen molar-refractivity contribution in [3.05, 3.63) is 23.3 Å². The lowest BCUT2D eigenvalue weighted by Crippen LogP contribution is -2.41. The standard InChI is InChI=1S/C21H29NO3/c1-3-24-19-11-15-7-8-22(13-17(15)12-20(19)25-4-2)21(23)18-10-14-5-6-16(18)9-14/h11-12,14,16,18H,3-10,13H2,1-2H3. The van der Waals surface area contributed by atoms with Gasteiger partial charge in [0.1, 0.15) is 0 Å². The molecule has 1 heterocycles. The Hall–Kier alpha value is -1.71. The zero-order valence-electron chi connectivity index (χ0n) is 15.4. The number of carbonyl (C=O) groups is 1. The van der Waals surface area contributed by atoms with Crippen LogP contribution in [-0.4, -0.2) is 30.6 Å². The number of fused-ring (bicyclic) bond motifs is 3. The summed E-state index contributed by atoms with van der Waals surface area (Å²) >= 11 is 0. The fraction of sp³-hybridized carbons (Fsp3) is 0.667. The molecule has 1 amide bonds. The van der Waals surface area contributed by atoms with Crippen LogP contribution in [0, 0.1) is 17.8 Å². The van der Waals surface area contributed by atoms with E-state index in [-0.39, 0.29) is 5.92 Å². The molecular formula is C21H29NO3. The summed E-state index contributed by atoms with van der Waals surface area (Å²) < 4.78 is 11.5. The van der Waals surface area contributed by atoms with E-state index in [2.05, 4.69) is 17.0 Å². The first-order chi connectivity index (χ1) is 12.2. The minimum Gasteiger partial charge on any atom is -0.490 e. The highest BCUT2D eigenvalue weighted by Crippen LogP contribution is 2.49. The molecule has 25 heavy (non-hydrogen) atoms. The Labute approximate surface area is 150 Å². The summed E-state index contributed by atoms with van der Waals surface area (Å²) in [5, 5.41) is 0.